The monoisotopic (exact) mass is 313 g/mol. The van der Waals surface area contributed by atoms with Crippen molar-refractivity contribution < 1.29 is 24.1 Å². The summed E-state index contributed by atoms with van der Waals surface area (Å²) in [5, 5.41) is 2.05. The first kappa shape index (κ1) is 17.3. The Hall–Kier alpha value is -1.73. The van der Waals surface area contributed by atoms with Crippen LogP contribution in [0.5, 0.6) is 0 Å². The highest BCUT2D eigenvalue weighted by Crippen LogP contribution is 2.17. The van der Waals surface area contributed by atoms with Crippen molar-refractivity contribution in [3.63, 3.8) is 0 Å². The van der Waals surface area contributed by atoms with E-state index in [9.17, 15) is 9.59 Å². The molecule has 1 aromatic heterocycles. The summed E-state index contributed by atoms with van der Waals surface area (Å²) in [6.45, 7) is 8.98. The third-order valence-electron chi connectivity index (χ3n) is 2.04. The molecule has 1 rings (SSSR count). The van der Waals surface area contributed by atoms with Crippen LogP contribution < -0.4 is 0 Å². The zero-order chi connectivity index (χ0) is 16.0. The van der Waals surface area contributed by atoms with E-state index < -0.39 is 17.5 Å². The van der Waals surface area contributed by atoms with Crippen LogP contribution in [0.1, 0.15) is 50.1 Å². The van der Waals surface area contributed by atoms with Gasteiger partial charge in [0.25, 0.3) is 0 Å². The van der Waals surface area contributed by atoms with Crippen LogP contribution in [-0.2, 0) is 19.3 Å². The number of esters is 1. The summed E-state index contributed by atoms with van der Waals surface area (Å²) in [5.74, 6) is -1.08. The minimum absolute atomic E-state index is 0.136. The molecule has 0 aliphatic rings. The highest BCUT2D eigenvalue weighted by atomic mass is 32.1. The molecule has 0 aliphatic heterocycles. The fraction of sp³-hybridized carbons (Fsp3) is 0.500. The maximum Gasteiger partial charge on any atom is 0.392 e. The molecule has 0 bridgehead atoms. The van der Waals surface area contributed by atoms with Gasteiger partial charge in [-0.3, -0.25) is 4.89 Å². The van der Waals surface area contributed by atoms with Gasteiger partial charge in [-0.25, -0.2) is 14.6 Å². The molecule has 116 valence electrons. The fourth-order valence-corrected chi connectivity index (χ4v) is 1.98. The Morgan fingerprint density at radius 1 is 1.38 bits per heavy atom. The van der Waals surface area contributed by atoms with Gasteiger partial charge in [-0.15, -0.1) is 11.3 Å². The van der Waals surface area contributed by atoms with Gasteiger partial charge in [0, 0.05) is 11.0 Å². The average Bonchev–Trinajstić information content (AvgIpc) is 2.82. The largest absolute Gasteiger partial charge is 0.457 e. The highest BCUT2D eigenvalue weighted by molar-refractivity contribution is 7.10. The van der Waals surface area contributed by atoms with Gasteiger partial charge in [-0.1, -0.05) is 0 Å². The van der Waals surface area contributed by atoms with E-state index in [0.29, 0.717) is 10.6 Å². The van der Waals surface area contributed by atoms with Crippen LogP contribution in [-0.4, -0.2) is 29.1 Å². The lowest BCUT2D eigenvalue weighted by atomic mass is 10.2. The van der Waals surface area contributed by atoms with Crippen molar-refractivity contribution in [1.29, 1.82) is 0 Å². The van der Waals surface area contributed by atoms with Crippen LogP contribution in [0.25, 0.3) is 6.08 Å². The summed E-state index contributed by atoms with van der Waals surface area (Å²) in [5.41, 5.74) is -0.0117. The minimum Gasteiger partial charge on any atom is -0.457 e. The number of thiazole rings is 1. The number of carbonyl (C=O) groups is 2. The molecule has 0 amide bonds. The molecular weight excluding hydrogens is 294 g/mol. The molecule has 0 radical (unpaired) electrons. The van der Waals surface area contributed by atoms with Crippen molar-refractivity contribution >= 4 is 29.4 Å². The van der Waals surface area contributed by atoms with Crippen LogP contribution >= 0.6 is 11.3 Å². The Labute approximate surface area is 127 Å². The van der Waals surface area contributed by atoms with E-state index >= 15 is 0 Å². The molecule has 0 aliphatic carbocycles. The summed E-state index contributed by atoms with van der Waals surface area (Å²) in [6, 6.07) is 0. The Morgan fingerprint density at radius 2 is 2.05 bits per heavy atom. The molecule has 21 heavy (non-hydrogen) atoms. The molecule has 7 heteroatoms. The number of aromatic nitrogens is 1. The standard InChI is InChI=1S/C14H19NO5S/c1-6-18-20-13(17)10-8-21-11(15-10)7-9(2)12(16)19-14(3,4)5/h7-8H,6H2,1-5H3. The summed E-state index contributed by atoms with van der Waals surface area (Å²) in [4.78, 5) is 36.5. The Kier molecular flexibility index (Phi) is 6.04. The van der Waals surface area contributed by atoms with Crippen LogP contribution in [0, 0.1) is 0 Å². The summed E-state index contributed by atoms with van der Waals surface area (Å²) < 4.78 is 5.24. The van der Waals surface area contributed by atoms with Crippen molar-refractivity contribution in [2.45, 2.75) is 40.2 Å². The van der Waals surface area contributed by atoms with Crippen LogP contribution in [0.2, 0.25) is 0 Å². The van der Waals surface area contributed by atoms with E-state index in [4.69, 9.17) is 4.74 Å². The zero-order valence-corrected chi connectivity index (χ0v) is 13.6. The normalized spacial score (nSPS) is 12.1. The number of carbonyl (C=O) groups excluding carboxylic acids is 2. The van der Waals surface area contributed by atoms with Crippen LogP contribution in [0.3, 0.4) is 0 Å². The van der Waals surface area contributed by atoms with Crippen molar-refractivity contribution in [3.8, 4) is 0 Å². The van der Waals surface area contributed by atoms with Gasteiger partial charge in [0.2, 0.25) is 0 Å². The molecule has 0 aromatic carbocycles. The Balaban J connectivity index is 2.74. The van der Waals surface area contributed by atoms with E-state index in [-0.39, 0.29) is 12.3 Å². The predicted octanol–water partition coefficient (Wildman–Crippen LogP) is 3.00. The fourth-order valence-electron chi connectivity index (χ4n) is 1.21. The number of hydrogen-bond acceptors (Lipinski definition) is 7. The number of rotatable bonds is 5. The Bertz CT molecular complexity index is 542. The van der Waals surface area contributed by atoms with Crippen molar-refractivity contribution in [3.05, 3.63) is 21.7 Å². The zero-order valence-electron chi connectivity index (χ0n) is 12.8. The third-order valence-corrected chi connectivity index (χ3v) is 2.84. The number of hydrogen-bond donors (Lipinski definition) is 0. The van der Waals surface area contributed by atoms with E-state index in [2.05, 4.69) is 14.8 Å². The molecule has 0 spiro atoms. The second-order valence-electron chi connectivity index (χ2n) is 5.18. The van der Waals surface area contributed by atoms with E-state index in [1.165, 1.54) is 16.7 Å². The van der Waals surface area contributed by atoms with Gasteiger partial charge < -0.3 is 4.74 Å². The molecule has 1 aromatic rings. The van der Waals surface area contributed by atoms with Gasteiger partial charge in [-0.05, 0) is 40.7 Å². The highest BCUT2D eigenvalue weighted by Gasteiger charge is 2.18. The quantitative estimate of drug-likeness (QED) is 0.360. The lowest BCUT2D eigenvalue weighted by Crippen LogP contribution is -2.24. The van der Waals surface area contributed by atoms with Crippen molar-refractivity contribution in [2.75, 3.05) is 6.61 Å². The molecule has 0 N–H and O–H groups in total. The van der Waals surface area contributed by atoms with E-state index in [1.54, 1.807) is 40.7 Å². The van der Waals surface area contributed by atoms with Gasteiger partial charge in [0.15, 0.2) is 5.69 Å². The number of nitrogens with zero attached hydrogens (tertiary/aromatic N) is 1. The van der Waals surface area contributed by atoms with Gasteiger partial charge in [0.05, 0.1) is 6.61 Å². The third kappa shape index (κ3) is 6.05. The summed E-state index contributed by atoms with van der Waals surface area (Å²) in [6.07, 6.45) is 1.57. The SMILES string of the molecule is CCOOC(=O)c1csc(C=C(C)C(=O)OC(C)(C)C)n1. The molecule has 6 nitrogen and oxygen atoms in total. The van der Waals surface area contributed by atoms with Crippen LogP contribution in [0.15, 0.2) is 11.0 Å². The molecule has 0 saturated heterocycles. The van der Waals surface area contributed by atoms with Gasteiger partial charge in [-0.2, -0.15) is 4.89 Å². The topological polar surface area (TPSA) is 74.7 Å². The van der Waals surface area contributed by atoms with E-state index in [0.717, 1.165) is 0 Å². The second kappa shape index (κ2) is 7.33. The molecular formula is C14H19NO5S. The molecule has 0 fully saturated rings. The number of ether oxygens (including phenoxy) is 1. The predicted molar refractivity (Wildman–Crippen MR) is 78.7 cm³/mol. The van der Waals surface area contributed by atoms with Crippen molar-refractivity contribution in [1.82, 2.24) is 4.98 Å². The smallest absolute Gasteiger partial charge is 0.392 e. The first-order chi connectivity index (χ1) is 9.73. The lowest BCUT2D eigenvalue weighted by molar-refractivity contribution is -0.237. The van der Waals surface area contributed by atoms with Gasteiger partial charge in [0.1, 0.15) is 10.6 Å². The lowest BCUT2D eigenvalue weighted by Gasteiger charge is -2.19. The van der Waals surface area contributed by atoms with E-state index in [1.807, 2.05) is 0 Å². The molecule has 0 atom stereocenters. The Morgan fingerprint density at radius 3 is 2.62 bits per heavy atom. The molecule has 1 heterocycles. The second-order valence-corrected chi connectivity index (χ2v) is 6.07. The molecule has 0 unspecified atom stereocenters. The van der Waals surface area contributed by atoms with Gasteiger partial charge >= 0.3 is 11.9 Å². The molecule has 0 saturated carbocycles. The minimum atomic E-state index is -0.664. The average molecular weight is 313 g/mol. The van der Waals surface area contributed by atoms with Crippen molar-refractivity contribution in [2.24, 2.45) is 0 Å². The summed E-state index contributed by atoms with van der Waals surface area (Å²) in [7, 11) is 0. The van der Waals surface area contributed by atoms with Crippen LogP contribution in [0.4, 0.5) is 0 Å². The first-order valence-electron chi connectivity index (χ1n) is 6.44. The maximum absolute atomic E-state index is 11.8. The summed E-state index contributed by atoms with van der Waals surface area (Å²) >= 11 is 1.22. The maximum atomic E-state index is 11.8. The first-order valence-corrected chi connectivity index (χ1v) is 7.32.